The molecule has 0 saturated carbocycles. The quantitative estimate of drug-likeness (QED) is 0.710. The highest BCUT2D eigenvalue weighted by Gasteiger charge is 2.09. The molecule has 0 bridgehead atoms. The van der Waals surface area contributed by atoms with Crippen LogP contribution in [0.3, 0.4) is 0 Å². The minimum atomic E-state index is 0.609. The van der Waals surface area contributed by atoms with Crippen molar-refractivity contribution in [1.29, 1.82) is 0 Å². The molecule has 1 aliphatic rings. The van der Waals surface area contributed by atoms with E-state index in [2.05, 4.69) is 44.2 Å². The van der Waals surface area contributed by atoms with Crippen molar-refractivity contribution in [1.82, 2.24) is 0 Å². The second kappa shape index (κ2) is 4.52. The number of ether oxygens (including phenoxy) is 1. The molecule has 0 aliphatic carbocycles. The molecule has 0 saturated heterocycles. The molecule has 1 heterocycles. The Morgan fingerprint density at radius 2 is 2.20 bits per heavy atom. The van der Waals surface area contributed by atoms with Gasteiger partial charge in [-0.3, -0.25) is 0 Å². The van der Waals surface area contributed by atoms with Crippen LogP contribution in [-0.4, -0.2) is 6.61 Å². The van der Waals surface area contributed by atoms with Crippen molar-refractivity contribution in [2.45, 2.75) is 26.7 Å². The van der Waals surface area contributed by atoms with Crippen molar-refractivity contribution in [3.05, 3.63) is 35.4 Å². The van der Waals surface area contributed by atoms with Crippen LogP contribution >= 0.6 is 0 Å². The summed E-state index contributed by atoms with van der Waals surface area (Å²) in [6.45, 7) is 5.25. The highest BCUT2D eigenvalue weighted by atomic mass is 16.5. The average Bonchev–Trinajstić information content (AvgIpc) is 2.26. The van der Waals surface area contributed by atoms with E-state index in [-0.39, 0.29) is 0 Å². The largest absolute Gasteiger partial charge is 0.493 e. The molecule has 1 aromatic carbocycles. The van der Waals surface area contributed by atoms with E-state index < -0.39 is 0 Å². The van der Waals surface area contributed by atoms with Gasteiger partial charge in [-0.25, -0.2) is 0 Å². The summed E-state index contributed by atoms with van der Waals surface area (Å²) in [4.78, 5) is 0. The lowest BCUT2D eigenvalue weighted by Gasteiger charge is -2.17. The second-order valence-corrected chi connectivity index (χ2v) is 4.42. The van der Waals surface area contributed by atoms with E-state index >= 15 is 0 Å². The van der Waals surface area contributed by atoms with Crippen molar-refractivity contribution in [3.8, 4) is 5.75 Å². The van der Waals surface area contributed by atoms with E-state index in [4.69, 9.17) is 4.74 Å². The van der Waals surface area contributed by atoms with E-state index in [0.717, 1.165) is 25.2 Å². The molecular formula is C14H18O. The minimum absolute atomic E-state index is 0.609. The molecule has 1 aromatic rings. The van der Waals surface area contributed by atoms with Gasteiger partial charge in [0.1, 0.15) is 5.75 Å². The Kier molecular flexibility index (Phi) is 3.10. The Hall–Kier alpha value is -1.24. The Morgan fingerprint density at radius 1 is 1.33 bits per heavy atom. The van der Waals surface area contributed by atoms with Crippen molar-refractivity contribution in [2.75, 3.05) is 6.61 Å². The van der Waals surface area contributed by atoms with Crippen LogP contribution in [0.2, 0.25) is 0 Å². The lowest BCUT2D eigenvalue weighted by atomic mass is 10.0. The van der Waals surface area contributed by atoms with Gasteiger partial charge in [-0.2, -0.15) is 0 Å². The van der Waals surface area contributed by atoms with Crippen LogP contribution in [-0.2, 0) is 6.42 Å². The van der Waals surface area contributed by atoms with Crippen LogP contribution in [0.5, 0.6) is 5.75 Å². The Bertz CT molecular complexity index is 364. The van der Waals surface area contributed by atoms with Gasteiger partial charge in [0.2, 0.25) is 0 Å². The monoisotopic (exact) mass is 202 g/mol. The van der Waals surface area contributed by atoms with Crippen LogP contribution in [0.1, 0.15) is 31.4 Å². The normalized spacial score (nSPS) is 15.4. The standard InChI is InChI=1S/C14H18O/c1-11(2)5-6-12-7-8-14-13(10-12)4-3-9-15-14/h5-8,10-11H,3-4,9H2,1-2H3/b6-5+. The number of hydrogen-bond acceptors (Lipinski definition) is 1. The first-order chi connectivity index (χ1) is 7.25. The first-order valence-corrected chi connectivity index (χ1v) is 5.69. The maximum absolute atomic E-state index is 5.58. The molecule has 1 aliphatic heterocycles. The predicted octanol–water partition coefficient (Wildman–Crippen LogP) is 3.68. The number of aryl methyl sites for hydroxylation is 1. The maximum Gasteiger partial charge on any atom is 0.122 e. The third-order valence-corrected chi connectivity index (χ3v) is 2.61. The number of allylic oxidation sites excluding steroid dienone is 1. The summed E-state index contributed by atoms with van der Waals surface area (Å²) in [5, 5.41) is 0. The van der Waals surface area contributed by atoms with Gasteiger partial charge in [-0.05, 0) is 42.0 Å². The molecule has 0 atom stereocenters. The molecule has 1 heteroatoms. The predicted molar refractivity (Wildman–Crippen MR) is 64.1 cm³/mol. The average molecular weight is 202 g/mol. The fraction of sp³-hybridized carbons (Fsp3) is 0.429. The number of fused-ring (bicyclic) bond motifs is 1. The first kappa shape index (κ1) is 10.3. The molecule has 1 nitrogen and oxygen atoms in total. The third kappa shape index (κ3) is 2.62. The number of rotatable bonds is 2. The molecule has 0 spiro atoms. The number of hydrogen-bond donors (Lipinski definition) is 0. The van der Waals surface area contributed by atoms with Crippen molar-refractivity contribution in [2.24, 2.45) is 5.92 Å². The fourth-order valence-electron chi connectivity index (χ4n) is 1.79. The summed E-state index contributed by atoms with van der Waals surface area (Å²) in [5.74, 6) is 1.68. The Morgan fingerprint density at radius 3 is 3.00 bits per heavy atom. The zero-order valence-corrected chi connectivity index (χ0v) is 9.49. The SMILES string of the molecule is CC(C)/C=C/c1ccc2c(c1)CCCO2. The van der Waals surface area contributed by atoms with E-state index in [9.17, 15) is 0 Å². The molecule has 0 amide bonds. The molecule has 2 rings (SSSR count). The van der Waals surface area contributed by atoms with Crippen LogP contribution in [0.4, 0.5) is 0 Å². The van der Waals surface area contributed by atoms with E-state index in [1.807, 2.05) is 0 Å². The van der Waals surface area contributed by atoms with Crippen LogP contribution < -0.4 is 4.74 Å². The van der Waals surface area contributed by atoms with Gasteiger partial charge in [0.15, 0.2) is 0 Å². The summed E-state index contributed by atoms with van der Waals surface area (Å²) >= 11 is 0. The van der Waals surface area contributed by atoms with Gasteiger partial charge in [-0.15, -0.1) is 0 Å². The van der Waals surface area contributed by atoms with E-state index in [0.29, 0.717) is 5.92 Å². The van der Waals surface area contributed by atoms with Crippen molar-refractivity contribution in [3.63, 3.8) is 0 Å². The Balaban J connectivity index is 2.20. The van der Waals surface area contributed by atoms with E-state index in [1.165, 1.54) is 11.1 Å². The van der Waals surface area contributed by atoms with Gasteiger partial charge in [0.25, 0.3) is 0 Å². The van der Waals surface area contributed by atoms with Gasteiger partial charge in [0.05, 0.1) is 6.61 Å². The molecule has 80 valence electrons. The molecule has 0 radical (unpaired) electrons. The Labute approximate surface area is 91.8 Å². The molecule has 0 fully saturated rings. The molecule has 0 N–H and O–H groups in total. The zero-order valence-electron chi connectivity index (χ0n) is 9.49. The summed E-state index contributed by atoms with van der Waals surface area (Å²) < 4.78 is 5.58. The zero-order chi connectivity index (χ0) is 10.7. The fourth-order valence-corrected chi connectivity index (χ4v) is 1.79. The molecule has 0 aromatic heterocycles. The molecule has 15 heavy (non-hydrogen) atoms. The smallest absolute Gasteiger partial charge is 0.122 e. The van der Waals surface area contributed by atoms with Crippen LogP contribution in [0, 0.1) is 5.92 Å². The maximum atomic E-state index is 5.58. The second-order valence-electron chi connectivity index (χ2n) is 4.42. The minimum Gasteiger partial charge on any atom is -0.493 e. The van der Waals surface area contributed by atoms with Crippen LogP contribution in [0.25, 0.3) is 6.08 Å². The lowest BCUT2D eigenvalue weighted by molar-refractivity contribution is 0.288. The highest BCUT2D eigenvalue weighted by molar-refractivity contribution is 5.53. The summed E-state index contributed by atoms with van der Waals surface area (Å²) in [6, 6.07) is 6.46. The van der Waals surface area contributed by atoms with Gasteiger partial charge in [-0.1, -0.05) is 32.1 Å². The van der Waals surface area contributed by atoms with Gasteiger partial charge in [0, 0.05) is 0 Å². The molecular weight excluding hydrogens is 184 g/mol. The van der Waals surface area contributed by atoms with Crippen LogP contribution in [0.15, 0.2) is 24.3 Å². The van der Waals surface area contributed by atoms with Gasteiger partial charge < -0.3 is 4.74 Å². The summed E-state index contributed by atoms with van der Waals surface area (Å²) in [6.07, 6.45) is 6.72. The lowest BCUT2D eigenvalue weighted by Crippen LogP contribution is -2.08. The van der Waals surface area contributed by atoms with E-state index in [1.54, 1.807) is 0 Å². The van der Waals surface area contributed by atoms with Crippen molar-refractivity contribution >= 4 is 6.08 Å². The summed E-state index contributed by atoms with van der Waals surface area (Å²) in [7, 11) is 0. The third-order valence-electron chi connectivity index (χ3n) is 2.61. The highest BCUT2D eigenvalue weighted by Crippen LogP contribution is 2.26. The first-order valence-electron chi connectivity index (χ1n) is 5.69. The molecule has 0 unspecified atom stereocenters. The topological polar surface area (TPSA) is 9.23 Å². The summed E-state index contributed by atoms with van der Waals surface area (Å²) in [5.41, 5.74) is 2.64. The number of benzene rings is 1. The van der Waals surface area contributed by atoms with Gasteiger partial charge >= 0.3 is 0 Å². The van der Waals surface area contributed by atoms with Crippen molar-refractivity contribution < 1.29 is 4.74 Å².